The zero-order valence-corrected chi connectivity index (χ0v) is 18.5. The Hall–Kier alpha value is -4.47. The second-order valence-corrected chi connectivity index (χ2v) is 7.70. The lowest BCUT2D eigenvalue weighted by Gasteiger charge is -2.09. The third kappa shape index (κ3) is 4.38. The maximum Gasteiger partial charge on any atom is 0.238 e. The van der Waals surface area contributed by atoms with E-state index < -0.39 is 0 Å². The van der Waals surface area contributed by atoms with Gasteiger partial charge in [-0.25, -0.2) is 4.99 Å². The Labute approximate surface area is 200 Å². The first-order valence-corrected chi connectivity index (χ1v) is 10.8. The SMILES string of the molecule is N#Cc1c(N=Cc2ccccc2OCc2ccc(Cl)cc2)oc(-c2ccco2)c1-c1ccco1. The van der Waals surface area contributed by atoms with Gasteiger partial charge in [0.05, 0.1) is 18.1 Å². The van der Waals surface area contributed by atoms with Gasteiger partial charge < -0.3 is 18.0 Å². The molecule has 3 aromatic heterocycles. The lowest BCUT2D eigenvalue weighted by Crippen LogP contribution is -1.98. The zero-order valence-electron chi connectivity index (χ0n) is 17.8. The van der Waals surface area contributed by atoms with Crippen molar-refractivity contribution < 1.29 is 18.0 Å². The van der Waals surface area contributed by atoms with Crippen LogP contribution in [0, 0.1) is 11.3 Å². The molecule has 0 amide bonds. The molecule has 0 aliphatic carbocycles. The molecule has 0 aliphatic heterocycles. The van der Waals surface area contributed by atoms with Crippen molar-refractivity contribution in [2.75, 3.05) is 0 Å². The minimum absolute atomic E-state index is 0.146. The molecule has 0 spiro atoms. The molecule has 5 rings (SSSR count). The Kier molecular flexibility index (Phi) is 6.02. The lowest BCUT2D eigenvalue weighted by atomic mass is 10.1. The van der Waals surface area contributed by atoms with Crippen LogP contribution in [0.5, 0.6) is 5.75 Å². The van der Waals surface area contributed by atoms with Crippen LogP contribution < -0.4 is 4.74 Å². The Balaban J connectivity index is 1.48. The van der Waals surface area contributed by atoms with E-state index >= 15 is 0 Å². The summed E-state index contributed by atoms with van der Waals surface area (Å²) < 4.78 is 23.0. The molecular formula is C27H17ClN2O4. The van der Waals surface area contributed by atoms with Crippen LogP contribution >= 0.6 is 11.6 Å². The molecule has 0 bridgehead atoms. The van der Waals surface area contributed by atoms with Crippen molar-refractivity contribution in [1.29, 1.82) is 5.26 Å². The van der Waals surface area contributed by atoms with Crippen LogP contribution in [0.25, 0.3) is 22.8 Å². The number of halogens is 1. The molecule has 0 saturated heterocycles. The van der Waals surface area contributed by atoms with Gasteiger partial charge in [0.2, 0.25) is 5.88 Å². The first-order chi connectivity index (χ1) is 16.7. The molecule has 0 saturated carbocycles. The van der Waals surface area contributed by atoms with Crippen LogP contribution in [0.3, 0.4) is 0 Å². The van der Waals surface area contributed by atoms with Gasteiger partial charge in [0.1, 0.15) is 29.7 Å². The van der Waals surface area contributed by atoms with Crippen LogP contribution in [0.2, 0.25) is 5.02 Å². The third-order valence-corrected chi connectivity index (χ3v) is 5.31. The van der Waals surface area contributed by atoms with E-state index in [-0.39, 0.29) is 11.4 Å². The molecule has 0 fully saturated rings. The fourth-order valence-electron chi connectivity index (χ4n) is 3.44. The number of hydrogen-bond donors (Lipinski definition) is 0. The van der Waals surface area contributed by atoms with Crippen molar-refractivity contribution in [2.45, 2.75) is 6.61 Å². The topological polar surface area (TPSA) is 84.8 Å². The summed E-state index contributed by atoms with van der Waals surface area (Å²) in [5, 5.41) is 10.6. The molecule has 3 heterocycles. The van der Waals surface area contributed by atoms with E-state index in [9.17, 15) is 5.26 Å². The average molecular weight is 469 g/mol. The fourth-order valence-corrected chi connectivity index (χ4v) is 3.57. The Bertz CT molecular complexity index is 1460. The zero-order chi connectivity index (χ0) is 23.3. The third-order valence-electron chi connectivity index (χ3n) is 5.06. The van der Waals surface area contributed by atoms with Crippen LogP contribution in [0.4, 0.5) is 5.88 Å². The van der Waals surface area contributed by atoms with Crippen LogP contribution in [0.1, 0.15) is 16.7 Å². The minimum atomic E-state index is 0.146. The second kappa shape index (κ2) is 9.57. The number of rotatable bonds is 7. The van der Waals surface area contributed by atoms with E-state index in [1.165, 1.54) is 12.5 Å². The van der Waals surface area contributed by atoms with Crippen molar-refractivity contribution in [3.63, 3.8) is 0 Å². The number of nitriles is 1. The van der Waals surface area contributed by atoms with Gasteiger partial charge in [-0.2, -0.15) is 5.26 Å². The quantitative estimate of drug-likeness (QED) is 0.229. The molecule has 0 N–H and O–H groups in total. The standard InChI is InChI=1S/C27H17ClN2O4/c28-20-11-9-18(10-12-20)17-33-22-6-2-1-5-19(22)16-30-27-21(15-29)25(23-7-3-13-31-23)26(34-27)24-8-4-14-32-24/h1-14,16H,17H2. The predicted octanol–water partition coefficient (Wildman–Crippen LogP) is 7.65. The van der Waals surface area contributed by atoms with Gasteiger partial charge in [-0.1, -0.05) is 35.9 Å². The van der Waals surface area contributed by atoms with Crippen LogP contribution in [-0.4, -0.2) is 6.21 Å². The van der Waals surface area contributed by atoms with Crippen molar-refractivity contribution in [3.05, 3.63) is 107 Å². The van der Waals surface area contributed by atoms with Crippen molar-refractivity contribution >= 4 is 23.7 Å². The summed E-state index contributed by atoms with van der Waals surface area (Å²) in [6.07, 6.45) is 4.67. The average Bonchev–Trinajstić information content (AvgIpc) is 3.63. The summed E-state index contributed by atoms with van der Waals surface area (Å²) in [7, 11) is 0. The van der Waals surface area contributed by atoms with Crippen molar-refractivity contribution in [1.82, 2.24) is 0 Å². The molecule has 0 unspecified atom stereocenters. The number of benzene rings is 2. The first kappa shape index (κ1) is 21.4. The normalized spacial score (nSPS) is 11.1. The molecular weight excluding hydrogens is 452 g/mol. The number of aliphatic imine (C=N–C) groups is 1. The monoisotopic (exact) mass is 468 g/mol. The van der Waals surface area contributed by atoms with Gasteiger partial charge >= 0.3 is 0 Å². The van der Waals surface area contributed by atoms with Gasteiger partial charge in [0.25, 0.3) is 0 Å². The Morgan fingerprint density at radius 2 is 1.65 bits per heavy atom. The Morgan fingerprint density at radius 3 is 2.35 bits per heavy atom. The summed E-state index contributed by atoms with van der Waals surface area (Å²) in [5.41, 5.74) is 2.45. The molecule has 0 aliphatic rings. The smallest absolute Gasteiger partial charge is 0.238 e. The molecule has 7 heteroatoms. The predicted molar refractivity (Wildman–Crippen MR) is 128 cm³/mol. The molecule has 2 aromatic carbocycles. The first-order valence-electron chi connectivity index (χ1n) is 10.4. The molecule has 6 nitrogen and oxygen atoms in total. The van der Waals surface area contributed by atoms with Gasteiger partial charge in [0, 0.05) is 16.8 Å². The fraction of sp³-hybridized carbons (Fsp3) is 0.0370. The van der Waals surface area contributed by atoms with Crippen molar-refractivity contribution in [2.24, 2.45) is 4.99 Å². The van der Waals surface area contributed by atoms with E-state index in [0.717, 1.165) is 11.1 Å². The van der Waals surface area contributed by atoms with Crippen LogP contribution in [0.15, 0.2) is 104 Å². The molecule has 0 atom stereocenters. The van der Waals surface area contributed by atoms with Gasteiger partial charge in [-0.15, -0.1) is 0 Å². The largest absolute Gasteiger partial charge is 0.488 e. The summed E-state index contributed by atoms with van der Waals surface area (Å²) >= 11 is 5.95. The van der Waals surface area contributed by atoms with Crippen LogP contribution in [-0.2, 0) is 6.61 Å². The summed E-state index contributed by atoms with van der Waals surface area (Å²) in [6, 6.07) is 24.1. The van der Waals surface area contributed by atoms with E-state index in [2.05, 4.69) is 11.1 Å². The van der Waals surface area contributed by atoms with E-state index in [0.29, 0.717) is 40.2 Å². The lowest BCUT2D eigenvalue weighted by molar-refractivity contribution is 0.306. The molecule has 34 heavy (non-hydrogen) atoms. The molecule has 0 radical (unpaired) electrons. The number of hydrogen-bond acceptors (Lipinski definition) is 6. The summed E-state index contributed by atoms with van der Waals surface area (Å²) in [4.78, 5) is 4.48. The van der Waals surface area contributed by atoms with Crippen molar-refractivity contribution in [3.8, 4) is 34.7 Å². The van der Waals surface area contributed by atoms with E-state index in [4.69, 9.17) is 29.6 Å². The van der Waals surface area contributed by atoms with Gasteiger partial charge in [-0.05, 0) is 54.1 Å². The number of ether oxygens (including phenoxy) is 1. The van der Waals surface area contributed by atoms with E-state index in [1.807, 2.05) is 48.5 Å². The highest BCUT2D eigenvalue weighted by molar-refractivity contribution is 6.30. The summed E-state index contributed by atoms with van der Waals surface area (Å²) in [5.74, 6) is 2.11. The number of furan rings is 3. The number of para-hydroxylation sites is 1. The highest BCUT2D eigenvalue weighted by Gasteiger charge is 2.26. The molecule has 166 valence electrons. The van der Waals surface area contributed by atoms with E-state index in [1.54, 1.807) is 30.5 Å². The highest BCUT2D eigenvalue weighted by Crippen LogP contribution is 2.42. The summed E-state index contributed by atoms with van der Waals surface area (Å²) in [6.45, 7) is 0.373. The maximum atomic E-state index is 9.90. The highest BCUT2D eigenvalue weighted by atomic mass is 35.5. The Morgan fingerprint density at radius 1 is 0.912 bits per heavy atom. The minimum Gasteiger partial charge on any atom is -0.488 e. The number of nitrogens with zero attached hydrogens (tertiary/aromatic N) is 2. The second-order valence-electron chi connectivity index (χ2n) is 7.26. The molecule has 5 aromatic rings. The van der Waals surface area contributed by atoms with Gasteiger partial charge in [-0.3, -0.25) is 0 Å². The van der Waals surface area contributed by atoms with Gasteiger partial charge in [0.15, 0.2) is 11.5 Å². The maximum absolute atomic E-state index is 9.90.